The third-order valence-corrected chi connectivity index (χ3v) is 3.90. The number of rotatable bonds is 4. The summed E-state index contributed by atoms with van der Waals surface area (Å²) in [6.45, 7) is 5.75. The van der Waals surface area contributed by atoms with Crippen LogP contribution in [0.15, 0.2) is 24.3 Å². The van der Waals surface area contributed by atoms with Crippen molar-refractivity contribution in [2.45, 2.75) is 45.1 Å². The fourth-order valence-corrected chi connectivity index (χ4v) is 2.63. The Morgan fingerprint density at radius 1 is 1.42 bits per heavy atom. The fraction of sp³-hybridized carbons (Fsp3) is 0.562. The Bertz CT molecular complexity index is 436. The molecular weight excluding hydrogens is 236 g/mol. The molecule has 0 aromatic heterocycles. The van der Waals surface area contributed by atoms with Gasteiger partial charge in [0.15, 0.2) is 0 Å². The van der Waals surface area contributed by atoms with Gasteiger partial charge in [-0.15, -0.1) is 0 Å². The molecule has 2 N–H and O–H groups in total. The van der Waals surface area contributed by atoms with Gasteiger partial charge < -0.3 is 10.6 Å². The highest BCUT2D eigenvalue weighted by atomic mass is 16.2. The molecule has 1 unspecified atom stereocenters. The first-order valence-corrected chi connectivity index (χ1v) is 7.19. The lowest BCUT2D eigenvalue weighted by Crippen LogP contribution is -2.57. The Morgan fingerprint density at radius 3 is 2.95 bits per heavy atom. The van der Waals surface area contributed by atoms with Gasteiger partial charge in [-0.1, -0.05) is 29.8 Å². The van der Waals surface area contributed by atoms with E-state index in [1.54, 1.807) is 0 Å². The van der Waals surface area contributed by atoms with Crippen LogP contribution in [0.5, 0.6) is 0 Å². The SMILES string of the molecule is Cc1cccc(CCNC(=O)C2(C)CCCCN2)c1. The lowest BCUT2D eigenvalue weighted by molar-refractivity contribution is -0.127. The second kappa shape index (κ2) is 6.20. The standard InChI is InChI=1S/C16H24N2O/c1-13-6-5-7-14(12-13)8-11-17-15(19)16(2)9-3-4-10-18-16/h5-7,12,18H,3-4,8-11H2,1-2H3,(H,17,19). The number of hydrogen-bond donors (Lipinski definition) is 2. The lowest BCUT2D eigenvalue weighted by atomic mass is 9.90. The van der Waals surface area contributed by atoms with E-state index in [0.29, 0.717) is 6.54 Å². The van der Waals surface area contributed by atoms with Crippen LogP contribution in [-0.2, 0) is 11.2 Å². The largest absolute Gasteiger partial charge is 0.354 e. The highest BCUT2D eigenvalue weighted by molar-refractivity contribution is 5.85. The Morgan fingerprint density at radius 2 is 2.26 bits per heavy atom. The summed E-state index contributed by atoms with van der Waals surface area (Å²) in [7, 11) is 0. The number of carbonyl (C=O) groups excluding carboxylic acids is 1. The van der Waals surface area contributed by atoms with Crippen molar-refractivity contribution < 1.29 is 4.79 Å². The Balaban J connectivity index is 1.80. The summed E-state index contributed by atoms with van der Waals surface area (Å²) in [6.07, 6.45) is 4.13. The van der Waals surface area contributed by atoms with Crippen LogP contribution in [0.1, 0.15) is 37.3 Å². The molecule has 3 nitrogen and oxygen atoms in total. The molecule has 1 aromatic rings. The van der Waals surface area contributed by atoms with Gasteiger partial charge in [-0.3, -0.25) is 4.79 Å². The molecule has 19 heavy (non-hydrogen) atoms. The molecule has 1 aliphatic heterocycles. The van der Waals surface area contributed by atoms with E-state index in [-0.39, 0.29) is 11.4 Å². The van der Waals surface area contributed by atoms with Crippen LogP contribution in [0, 0.1) is 6.92 Å². The van der Waals surface area contributed by atoms with E-state index in [4.69, 9.17) is 0 Å². The van der Waals surface area contributed by atoms with Crippen LogP contribution in [0.3, 0.4) is 0 Å². The summed E-state index contributed by atoms with van der Waals surface area (Å²) in [6, 6.07) is 8.44. The van der Waals surface area contributed by atoms with Crippen LogP contribution in [-0.4, -0.2) is 24.5 Å². The fourth-order valence-electron chi connectivity index (χ4n) is 2.63. The van der Waals surface area contributed by atoms with Crippen LogP contribution in [0.4, 0.5) is 0 Å². The van der Waals surface area contributed by atoms with E-state index >= 15 is 0 Å². The molecule has 0 spiro atoms. The quantitative estimate of drug-likeness (QED) is 0.871. The molecule has 1 saturated heterocycles. The Hall–Kier alpha value is -1.35. The number of amides is 1. The highest BCUT2D eigenvalue weighted by Crippen LogP contribution is 2.18. The van der Waals surface area contributed by atoms with E-state index < -0.39 is 0 Å². The summed E-state index contributed by atoms with van der Waals surface area (Å²) >= 11 is 0. The van der Waals surface area contributed by atoms with E-state index in [2.05, 4.69) is 41.8 Å². The average molecular weight is 260 g/mol. The topological polar surface area (TPSA) is 41.1 Å². The second-order valence-corrected chi connectivity index (χ2v) is 5.71. The van der Waals surface area contributed by atoms with Crippen molar-refractivity contribution in [3.8, 4) is 0 Å². The molecule has 0 radical (unpaired) electrons. The van der Waals surface area contributed by atoms with E-state index in [1.807, 2.05) is 6.92 Å². The van der Waals surface area contributed by atoms with Gasteiger partial charge >= 0.3 is 0 Å². The Kier molecular flexibility index (Phi) is 4.59. The molecule has 0 saturated carbocycles. The maximum absolute atomic E-state index is 12.2. The number of aryl methyl sites for hydroxylation is 1. The number of nitrogens with one attached hydrogen (secondary N) is 2. The zero-order valence-electron chi connectivity index (χ0n) is 12.0. The summed E-state index contributed by atoms with van der Waals surface area (Å²) in [5.74, 6) is 0.139. The van der Waals surface area contributed by atoms with Crippen molar-refractivity contribution in [3.63, 3.8) is 0 Å². The molecule has 1 atom stereocenters. The maximum Gasteiger partial charge on any atom is 0.240 e. The molecule has 1 heterocycles. The molecule has 2 rings (SSSR count). The van der Waals surface area contributed by atoms with Crippen molar-refractivity contribution in [1.82, 2.24) is 10.6 Å². The highest BCUT2D eigenvalue weighted by Gasteiger charge is 2.33. The minimum absolute atomic E-state index is 0.139. The lowest BCUT2D eigenvalue weighted by Gasteiger charge is -2.33. The third kappa shape index (κ3) is 3.80. The van der Waals surface area contributed by atoms with E-state index in [9.17, 15) is 4.79 Å². The van der Waals surface area contributed by atoms with Gasteiger partial charge in [-0.2, -0.15) is 0 Å². The van der Waals surface area contributed by atoms with Gasteiger partial charge in [0.25, 0.3) is 0 Å². The van der Waals surface area contributed by atoms with Gasteiger partial charge in [-0.05, 0) is 51.6 Å². The summed E-state index contributed by atoms with van der Waals surface area (Å²) in [5.41, 5.74) is 2.18. The molecular formula is C16H24N2O. The summed E-state index contributed by atoms with van der Waals surface area (Å²) in [5, 5.41) is 6.40. The zero-order valence-corrected chi connectivity index (χ0v) is 12.0. The van der Waals surface area contributed by atoms with Crippen LogP contribution in [0.2, 0.25) is 0 Å². The second-order valence-electron chi connectivity index (χ2n) is 5.71. The number of hydrogen-bond acceptors (Lipinski definition) is 2. The van der Waals surface area contributed by atoms with Crippen molar-refractivity contribution in [2.24, 2.45) is 0 Å². The van der Waals surface area contributed by atoms with Gasteiger partial charge in [0, 0.05) is 6.54 Å². The predicted molar refractivity (Wildman–Crippen MR) is 78.2 cm³/mol. The van der Waals surface area contributed by atoms with Crippen molar-refractivity contribution in [1.29, 1.82) is 0 Å². The molecule has 3 heteroatoms. The first-order valence-electron chi connectivity index (χ1n) is 7.19. The van der Waals surface area contributed by atoms with Crippen LogP contribution >= 0.6 is 0 Å². The van der Waals surface area contributed by atoms with Gasteiger partial charge in [0.2, 0.25) is 5.91 Å². The first-order chi connectivity index (χ1) is 9.10. The van der Waals surface area contributed by atoms with Gasteiger partial charge in [0.1, 0.15) is 0 Å². The van der Waals surface area contributed by atoms with Crippen molar-refractivity contribution in [2.75, 3.05) is 13.1 Å². The minimum Gasteiger partial charge on any atom is -0.354 e. The maximum atomic E-state index is 12.2. The van der Waals surface area contributed by atoms with E-state index in [1.165, 1.54) is 17.5 Å². The molecule has 0 bridgehead atoms. The Labute approximate surface area is 115 Å². The molecule has 1 fully saturated rings. The van der Waals surface area contributed by atoms with Crippen molar-refractivity contribution >= 4 is 5.91 Å². The van der Waals surface area contributed by atoms with Crippen LogP contribution < -0.4 is 10.6 Å². The molecule has 1 amide bonds. The number of piperidine rings is 1. The smallest absolute Gasteiger partial charge is 0.240 e. The van der Waals surface area contributed by atoms with Gasteiger partial charge in [-0.25, -0.2) is 0 Å². The summed E-state index contributed by atoms with van der Waals surface area (Å²) in [4.78, 5) is 12.2. The number of benzene rings is 1. The van der Waals surface area contributed by atoms with E-state index in [0.717, 1.165) is 25.8 Å². The minimum atomic E-state index is -0.370. The monoisotopic (exact) mass is 260 g/mol. The first kappa shape index (κ1) is 14.1. The average Bonchev–Trinajstić information content (AvgIpc) is 2.39. The zero-order chi connectivity index (χ0) is 13.7. The molecule has 1 aliphatic rings. The molecule has 0 aliphatic carbocycles. The molecule has 1 aromatic carbocycles. The van der Waals surface area contributed by atoms with Gasteiger partial charge in [0.05, 0.1) is 5.54 Å². The molecule has 104 valence electrons. The number of carbonyl (C=O) groups is 1. The normalized spacial score (nSPS) is 23.1. The van der Waals surface area contributed by atoms with Crippen molar-refractivity contribution in [3.05, 3.63) is 35.4 Å². The predicted octanol–water partition coefficient (Wildman–Crippen LogP) is 2.19. The summed E-state index contributed by atoms with van der Waals surface area (Å²) < 4.78 is 0. The van der Waals surface area contributed by atoms with Crippen LogP contribution in [0.25, 0.3) is 0 Å². The third-order valence-electron chi connectivity index (χ3n) is 3.90.